The summed E-state index contributed by atoms with van der Waals surface area (Å²) >= 11 is 0. The van der Waals surface area contributed by atoms with Gasteiger partial charge < -0.3 is 10.2 Å². The smallest absolute Gasteiger partial charge is 0.335 e. The lowest BCUT2D eigenvalue weighted by Crippen LogP contribution is -1.99. The third-order valence-corrected chi connectivity index (χ3v) is 1.38. The number of benzene rings is 1. The maximum absolute atomic E-state index is 10.3. The van der Waals surface area contributed by atoms with E-state index in [1.165, 1.54) is 24.3 Å². The Bertz CT molecular complexity index is 284. The highest BCUT2D eigenvalue weighted by molar-refractivity contribution is 14.0. The fourth-order valence-electron chi connectivity index (χ4n) is 0.755. The summed E-state index contributed by atoms with van der Waals surface area (Å²) in [6.45, 7) is 0. The van der Waals surface area contributed by atoms with Crippen molar-refractivity contribution in [3.63, 3.8) is 0 Å². The maximum atomic E-state index is 10.3. The summed E-state index contributed by atoms with van der Waals surface area (Å²) in [4.78, 5) is 20.7. The average molecular weight is 294 g/mol. The third kappa shape index (κ3) is 3.02. The van der Waals surface area contributed by atoms with Crippen LogP contribution in [-0.4, -0.2) is 22.2 Å². The standard InChI is InChI=1S/C8H6O4.HI/c9-7(10)5-1-2-6(4-3-5)8(11)12;/h1-4H,(H,9,10)(H,11,12);1H. The molecule has 0 aliphatic rings. The van der Waals surface area contributed by atoms with Crippen LogP contribution in [0.25, 0.3) is 0 Å². The highest BCUT2D eigenvalue weighted by atomic mass is 127. The molecule has 0 amide bonds. The van der Waals surface area contributed by atoms with Crippen LogP contribution in [0.15, 0.2) is 24.3 Å². The van der Waals surface area contributed by atoms with Crippen molar-refractivity contribution in [2.75, 3.05) is 0 Å². The Morgan fingerprint density at radius 2 is 1.08 bits per heavy atom. The van der Waals surface area contributed by atoms with Gasteiger partial charge in [0, 0.05) is 0 Å². The zero-order chi connectivity index (χ0) is 9.14. The number of aromatic carboxylic acids is 2. The van der Waals surface area contributed by atoms with Crippen LogP contribution in [0.5, 0.6) is 0 Å². The van der Waals surface area contributed by atoms with E-state index >= 15 is 0 Å². The molecule has 0 atom stereocenters. The van der Waals surface area contributed by atoms with Crippen molar-refractivity contribution in [1.82, 2.24) is 0 Å². The van der Waals surface area contributed by atoms with Crippen LogP contribution in [0.1, 0.15) is 20.7 Å². The Labute approximate surface area is 91.2 Å². The predicted molar refractivity (Wildman–Crippen MR) is 55.8 cm³/mol. The molecule has 0 heterocycles. The molecule has 1 aromatic carbocycles. The van der Waals surface area contributed by atoms with Crippen LogP contribution in [0, 0.1) is 0 Å². The number of carboxylic acid groups (broad SMARTS) is 2. The zero-order valence-electron chi connectivity index (χ0n) is 6.43. The fraction of sp³-hybridized carbons (Fsp3) is 0. The molecule has 1 aromatic rings. The lowest BCUT2D eigenvalue weighted by Gasteiger charge is -1.94. The van der Waals surface area contributed by atoms with E-state index in [4.69, 9.17) is 10.2 Å². The van der Waals surface area contributed by atoms with E-state index in [0.717, 1.165) is 0 Å². The summed E-state index contributed by atoms with van der Waals surface area (Å²) in [5, 5.41) is 16.9. The first-order valence-electron chi connectivity index (χ1n) is 3.18. The van der Waals surface area contributed by atoms with Gasteiger partial charge in [-0.1, -0.05) is 0 Å². The van der Waals surface area contributed by atoms with Gasteiger partial charge in [-0.25, -0.2) is 9.59 Å². The molecule has 0 saturated carbocycles. The van der Waals surface area contributed by atoms with Gasteiger partial charge in [0.25, 0.3) is 0 Å². The molecule has 13 heavy (non-hydrogen) atoms. The van der Waals surface area contributed by atoms with E-state index in [1.807, 2.05) is 0 Å². The van der Waals surface area contributed by atoms with Crippen LogP contribution in [0.2, 0.25) is 0 Å². The number of carboxylic acids is 2. The van der Waals surface area contributed by atoms with Crippen LogP contribution < -0.4 is 0 Å². The predicted octanol–water partition coefficient (Wildman–Crippen LogP) is 1.70. The van der Waals surface area contributed by atoms with Gasteiger partial charge in [-0.05, 0) is 24.3 Å². The first-order chi connectivity index (χ1) is 5.61. The summed E-state index contributed by atoms with van der Waals surface area (Å²) in [7, 11) is 0. The topological polar surface area (TPSA) is 74.6 Å². The Morgan fingerprint density at radius 3 is 1.23 bits per heavy atom. The molecule has 0 radical (unpaired) electrons. The summed E-state index contributed by atoms with van der Waals surface area (Å²) in [5.74, 6) is -2.13. The highest BCUT2D eigenvalue weighted by Gasteiger charge is 2.04. The second kappa shape index (κ2) is 4.80. The SMILES string of the molecule is I.O=C(O)c1ccc(C(=O)O)cc1. The minimum Gasteiger partial charge on any atom is -0.478 e. The van der Waals surface area contributed by atoms with Gasteiger partial charge in [-0.2, -0.15) is 0 Å². The second-order valence-electron chi connectivity index (χ2n) is 2.19. The Hall–Kier alpha value is -1.11. The van der Waals surface area contributed by atoms with Gasteiger partial charge in [-0.15, -0.1) is 24.0 Å². The highest BCUT2D eigenvalue weighted by Crippen LogP contribution is 2.03. The van der Waals surface area contributed by atoms with Gasteiger partial charge >= 0.3 is 11.9 Å². The van der Waals surface area contributed by atoms with Crippen molar-refractivity contribution in [3.05, 3.63) is 35.4 Å². The molecule has 70 valence electrons. The van der Waals surface area contributed by atoms with E-state index in [0.29, 0.717) is 0 Å². The molecule has 1 rings (SSSR count). The van der Waals surface area contributed by atoms with E-state index in [9.17, 15) is 9.59 Å². The van der Waals surface area contributed by atoms with Crippen molar-refractivity contribution in [3.8, 4) is 0 Å². The lowest BCUT2D eigenvalue weighted by atomic mass is 10.1. The lowest BCUT2D eigenvalue weighted by molar-refractivity contribution is 0.0681. The molecular formula is C8H7IO4. The summed E-state index contributed by atoms with van der Waals surface area (Å²) in [6.07, 6.45) is 0. The van der Waals surface area contributed by atoms with Crippen LogP contribution in [-0.2, 0) is 0 Å². The maximum Gasteiger partial charge on any atom is 0.335 e. The Balaban J connectivity index is 0.00000144. The van der Waals surface area contributed by atoms with Gasteiger partial charge in [-0.3, -0.25) is 0 Å². The van der Waals surface area contributed by atoms with Gasteiger partial charge in [0.2, 0.25) is 0 Å². The molecule has 4 nitrogen and oxygen atoms in total. The molecular weight excluding hydrogens is 287 g/mol. The molecule has 0 saturated heterocycles. The van der Waals surface area contributed by atoms with Gasteiger partial charge in [0.15, 0.2) is 0 Å². The van der Waals surface area contributed by atoms with E-state index < -0.39 is 11.9 Å². The summed E-state index contributed by atoms with van der Waals surface area (Å²) < 4.78 is 0. The minimum absolute atomic E-state index is 0. The number of rotatable bonds is 2. The van der Waals surface area contributed by atoms with Crippen molar-refractivity contribution < 1.29 is 19.8 Å². The normalized spacial score (nSPS) is 8.62. The second-order valence-corrected chi connectivity index (χ2v) is 2.19. The monoisotopic (exact) mass is 294 g/mol. The number of carbonyl (C=O) groups is 2. The first-order valence-corrected chi connectivity index (χ1v) is 3.18. The number of hydrogen-bond donors (Lipinski definition) is 2. The van der Waals surface area contributed by atoms with E-state index in [2.05, 4.69) is 0 Å². The number of halogens is 1. The first kappa shape index (κ1) is 11.9. The molecule has 0 bridgehead atoms. The van der Waals surface area contributed by atoms with E-state index in [1.54, 1.807) is 0 Å². The Kier molecular flexibility index (Phi) is 4.39. The van der Waals surface area contributed by atoms with Crippen LogP contribution in [0.4, 0.5) is 0 Å². The summed E-state index contributed by atoms with van der Waals surface area (Å²) in [6, 6.07) is 5.02. The van der Waals surface area contributed by atoms with Crippen LogP contribution in [0.3, 0.4) is 0 Å². The fourth-order valence-corrected chi connectivity index (χ4v) is 0.755. The minimum atomic E-state index is -1.06. The average Bonchev–Trinajstić information content (AvgIpc) is 2.04. The number of hydrogen-bond acceptors (Lipinski definition) is 2. The molecule has 0 aliphatic heterocycles. The quantitative estimate of drug-likeness (QED) is 0.814. The van der Waals surface area contributed by atoms with E-state index in [-0.39, 0.29) is 35.1 Å². The van der Waals surface area contributed by atoms with Crippen LogP contribution >= 0.6 is 24.0 Å². The molecule has 0 aliphatic carbocycles. The third-order valence-electron chi connectivity index (χ3n) is 1.38. The van der Waals surface area contributed by atoms with Crippen molar-refractivity contribution in [1.29, 1.82) is 0 Å². The van der Waals surface area contributed by atoms with Crippen molar-refractivity contribution in [2.24, 2.45) is 0 Å². The largest absolute Gasteiger partial charge is 0.478 e. The zero-order valence-corrected chi connectivity index (χ0v) is 8.76. The summed E-state index contributed by atoms with van der Waals surface area (Å²) in [5.41, 5.74) is 0.167. The molecule has 2 N–H and O–H groups in total. The molecule has 0 spiro atoms. The molecule has 5 heteroatoms. The van der Waals surface area contributed by atoms with Gasteiger partial charge in [0.1, 0.15) is 0 Å². The van der Waals surface area contributed by atoms with Gasteiger partial charge in [0.05, 0.1) is 11.1 Å². The molecule has 0 fully saturated rings. The van der Waals surface area contributed by atoms with Crippen molar-refractivity contribution >= 4 is 35.9 Å². The molecule has 0 unspecified atom stereocenters. The molecule has 0 aromatic heterocycles. The Morgan fingerprint density at radius 1 is 0.846 bits per heavy atom. The van der Waals surface area contributed by atoms with Crippen molar-refractivity contribution in [2.45, 2.75) is 0 Å².